The minimum absolute atomic E-state index is 0.104. The van der Waals surface area contributed by atoms with Crippen LogP contribution in [0.3, 0.4) is 0 Å². The summed E-state index contributed by atoms with van der Waals surface area (Å²) in [6, 6.07) is 17.2. The summed E-state index contributed by atoms with van der Waals surface area (Å²) in [5, 5.41) is 5.88. The minimum atomic E-state index is -0.104. The third kappa shape index (κ3) is 4.16. The van der Waals surface area contributed by atoms with Crippen molar-refractivity contribution in [1.82, 2.24) is 14.9 Å². The maximum atomic E-state index is 12.5. The molecular formula is C21H22N4O2. The van der Waals surface area contributed by atoms with Crippen LogP contribution < -0.4 is 10.6 Å². The molecule has 2 aromatic carbocycles. The molecule has 1 heterocycles. The first-order chi connectivity index (χ1) is 13.2. The highest BCUT2D eigenvalue weighted by Gasteiger charge is 2.29. The summed E-state index contributed by atoms with van der Waals surface area (Å²) in [7, 11) is 0. The topological polar surface area (TPSA) is 76.0 Å². The number of hydrogen-bond acceptors (Lipinski definition) is 3. The van der Waals surface area contributed by atoms with Crippen LogP contribution in [0.15, 0.2) is 54.6 Å². The minimum Gasteiger partial charge on any atom is -0.355 e. The van der Waals surface area contributed by atoms with Gasteiger partial charge in [0.1, 0.15) is 12.4 Å². The monoisotopic (exact) mass is 362 g/mol. The molecule has 1 aliphatic carbocycles. The van der Waals surface area contributed by atoms with Crippen LogP contribution in [0.2, 0.25) is 0 Å². The van der Waals surface area contributed by atoms with E-state index in [-0.39, 0.29) is 24.3 Å². The third-order valence-corrected chi connectivity index (χ3v) is 4.69. The first kappa shape index (κ1) is 17.3. The lowest BCUT2D eigenvalue weighted by Gasteiger charge is -2.10. The lowest BCUT2D eigenvalue weighted by Crippen LogP contribution is -2.28. The third-order valence-electron chi connectivity index (χ3n) is 4.69. The van der Waals surface area contributed by atoms with Gasteiger partial charge in [0.25, 0.3) is 0 Å². The van der Waals surface area contributed by atoms with Crippen molar-refractivity contribution in [3.63, 3.8) is 0 Å². The van der Waals surface area contributed by atoms with E-state index >= 15 is 0 Å². The summed E-state index contributed by atoms with van der Waals surface area (Å²) in [6.45, 7) is 0.709. The molecule has 2 amide bonds. The van der Waals surface area contributed by atoms with Gasteiger partial charge in [0.05, 0.1) is 11.0 Å². The Morgan fingerprint density at radius 1 is 1.04 bits per heavy atom. The molecule has 6 nitrogen and oxygen atoms in total. The first-order valence-electron chi connectivity index (χ1n) is 9.27. The molecule has 6 heteroatoms. The molecule has 0 unspecified atom stereocenters. The number of aromatic nitrogens is 2. The molecule has 0 bridgehead atoms. The van der Waals surface area contributed by atoms with E-state index < -0.39 is 0 Å². The number of rotatable bonds is 7. The fourth-order valence-electron chi connectivity index (χ4n) is 3.15. The molecule has 1 aliphatic rings. The molecule has 0 atom stereocenters. The lowest BCUT2D eigenvalue weighted by molar-refractivity contribution is -0.122. The van der Waals surface area contributed by atoms with Gasteiger partial charge in [0, 0.05) is 24.6 Å². The summed E-state index contributed by atoms with van der Waals surface area (Å²) in [5.41, 5.74) is 2.54. The highest BCUT2D eigenvalue weighted by atomic mass is 16.2. The van der Waals surface area contributed by atoms with Crippen LogP contribution in [0, 0.1) is 5.92 Å². The van der Waals surface area contributed by atoms with Crippen LogP contribution in [-0.4, -0.2) is 27.9 Å². The van der Waals surface area contributed by atoms with Crippen molar-refractivity contribution in [2.24, 2.45) is 5.92 Å². The molecule has 138 valence electrons. The van der Waals surface area contributed by atoms with Gasteiger partial charge in [-0.25, -0.2) is 4.98 Å². The van der Waals surface area contributed by atoms with Gasteiger partial charge in [-0.1, -0.05) is 30.3 Å². The molecule has 1 saturated carbocycles. The maximum absolute atomic E-state index is 12.5. The van der Waals surface area contributed by atoms with Crippen molar-refractivity contribution in [1.29, 1.82) is 0 Å². The Bertz CT molecular complexity index is 961. The summed E-state index contributed by atoms with van der Waals surface area (Å²) >= 11 is 0. The Balaban J connectivity index is 1.49. The molecule has 27 heavy (non-hydrogen) atoms. The molecule has 0 saturated heterocycles. The molecule has 3 aromatic rings. The number of carbonyl (C=O) groups excluding carboxylic acids is 2. The van der Waals surface area contributed by atoms with E-state index in [4.69, 9.17) is 0 Å². The van der Waals surface area contributed by atoms with Gasteiger partial charge in [0.15, 0.2) is 0 Å². The van der Waals surface area contributed by atoms with Crippen LogP contribution in [0.5, 0.6) is 0 Å². The van der Waals surface area contributed by atoms with Crippen molar-refractivity contribution in [3.05, 3.63) is 60.4 Å². The molecule has 1 aromatic heterocycles. The SMILES string of the molecule is O=C(Cn1c(CCNC(=O)C2CC2)nc2ccccc21)Nc1ccccc1. The van der Waals surface area contributed by atoms with Gasteiger partial charge >= 0.3 is 0 Å². The molecule has 2 N–H and O–H groups in total. The van der Waals surface area contributed by atoms with E-state index in [9.17, 15) is 9.59 Å². The number of nitrogens with one attached hydrogen (secondary N) is 2. The Hall–Kier alpha value is -3.15. The molecule has 4 rings (SSSR count). The number of anilines is 1. The fourth-order valence-corrected chi connectivity index (χ4v) is 3.15. The van der Waals surface area contributed by atoms with E-state index in [2.05, 4.69) is 15.6 Å². The number of benzene rings is 2. The smallest absolute Gasteiger partial charge is 0.244 e. The maximum Gasteiger partial charge on any atom is 0.244 e. The van der Waals surface area contributed by atoms with Gasteiger partial charge in [-0.05, 0) is 37.1 Å². The summed E-state index contributed by atoms with van der Waals surface area (Å²) in [4.78, 5) is 29.0. The number of nitrogens with zero attached hydrogens (tertiary/aromatic N) is 2. The predicted molar refractivity (Wildman–Crippen MR) is 104 cm³/mol. The van der Waals surface area contributed by atoms with Crippen LogP contribution in [0.4, 0.5) is 5.69 Å². The highest BCUT2D eigenvalue weighted by Crippen LogP contribution is 2.28. The molecule has 1 fully saturated rings. The van der Waals surface area contributed by atoms with E-state index in [0.29, 0.717) is 13.0 Å². The van der Waals surface area contributed by atoms with Gasteiger partial charge in [-0.3, -0.25) is 9.59 Å². The number of amides is 2. The predicted octanol–water partition coefficient (Wildman–Crippen LogP) is 2.74. The number of imidazole rings is 1. The highest BCUT2D eigenvalue weighted by molar-refractivity contribution is 5.91. The molecular weight excluding hydrogens is 340 g/mol. The Kier molecular flexibility index (Phi) is 4.87. The van der Waals surface area contributed by atoms with Crippen molar-refractivity contribution >= 4 is 28.5 Å². The van der Waals surface area contributed by atoms with Crippen molar-refractivity contribution < 1.29 is 9.59 Å². The first-order valence-corrected chi connectivity index (χ1v) is 9.27. The van der Waals surface area contributed by atoms with Crippen LogP contribution >= 0.6 is 0 Å². The van der Waals surface area contributed by atoms with Crippen molar-refractivity contribution in [3.8, 4) is 0 Å². The van der Waals surface area contributed by atoms with E-state index in [1.165, 1.54) is 0 Å². The lowest BCUT2D eigenvalue weighted by atomic mass is 10.3. The average Bonchev–Trinajstić information content (AvgIpc) is 3.47. The van der Waals surface area contributed by atoms with Crippen LogP contribution in [-0.2, 0) is 22.6 Å². The Morgan fingerprint density at radius 2 is 1.78 bits per heavy atom. The zero-order valence-electron chi connectivity index (χ0n) is 15.0. The standard InChI is InChI=1S/C21H22N4O2/c26-20(23-16-6-2-1-3-7-16)14-25-18-9-5-4-8-17(18)24-19(25)12-13-22-21(27)15-10-11-15/h1-9,15H,10-14H2,(H,22,27)(H,23,26). The van der Waals surface area contributed by atoms with Crippen LogP contribution in [0.1, 0.15) is 18.7 Å². The zero-order valence-corrected chi connectivity index (χ0v) is 15.0. The number of hydrogen-bond donors (Lipinski definition) is 2. The second-order valence-corrected chi connectivity index (χ2v) is 6.83. The van der Waals surface area contributed by atoms with E-state index in [1.807, 2.05) is 59.2 Å². The summed E-state index contributed by atoms with van der Waals surface area (Å²) < 4.78 is 1.93. The second-order valence-electron chi connectivity index (χ2n) is 6.83. The fraction of sp³-hybridized carbons (Fsp3) is 0.286. The molecule has 0 radical (unpaired) electrons. The van der Waals surface area contributed by atoms with Gasteiger partial charge < -0.3 is 15.2 Å². The normalized spacial score (nSPS) is 13.5. The molecule has 0 aliphatic heterocycles. The number of fused-ring (bicyclic) bond motifs is 1. The van der Waals surface area contributed by atoms with Crippen molar-refractivity contribution in [2.45, 2.75) is 25.8 Å². The molecule has 0 spiro atoms. The zero-order chi connectivity index (χ0) is 18.6. The second kappa shape index (κ2) is 7.61. The van der Waals surface area contributed by atoms with Crippen LogP contribution in [0.25, 0.3) is 11.0 Å². The van der Waals surface area contributed by atoms with E-state index in [1.54, 1.807) is 0 Å². The van der Waals surface area contributed by atoms with E-state index in [0.717, 1.165) is 35.4 Å². The van der Waals surface area contributed by atoms with Gasteiger partial charge in [-0.15, -0.1) is 0 Å². The Labute approximate surface area is 157 Å². The summed E-state index contributed by atoms with van der Waals surface area (Å²) in [6.07, 6.45) is 2.57. The number of carbonyl (C=O) groups is 2. The largest absolute Gasteiger partial charge is 0.355 e. The van der Waals surface area contributed by atoms with Gasteiger partial charge in [-0.2, -0.15) is 0 Å². The average molecular weight is 362 g/mol. The quantitative estimate of drug-likeness (QED) is 0.679. The number of para-hydroxylation sites is 3. The van der Waals surface area contributed by atoms with Gasteiger partial charge in [0.2, 0.25) is 11.8 Å². The Morgan fingerprint density at radius 3 is 2.56 bits per heavy atom. The summed E-state index contributed by atoms with van der Waals surface area (Å²) in [5.74, 6) is 1.02. The van der Waals surface area contributed by atoms with Crippen molar-refractivity contribution in [2.75, 3.05) is 11.9 Å².